The molecule has 6 atom stereocenters. The maximum absolute atomic E-state index is 13.3. The summed E-state index contributed by atoms with van der Waals surface area (Å²) in [6.45, 7) is 0. The normalized spacial score (nSPS) is 32.1. The summed E-state index contributed by atoms with van der Waals surface area (Å²) >= 11 is 9.43. The van der Waals surface area contributed by atoms with E-state index >= 15 is 0 Å². The van der Waals surface area contributed by atoms with Crippen molar-refractivity contribution in [3.8, 4) is 0 Å². The molecule has 5 nitrogen and oxygen atoms in total. The molecular weight excluding hydrogens is 480 g/mol. The standard InChI is InChI=1S/C24H18BrClN2O3/c25-18-7-4-12(9-19(18)26)27-22(29)11-2-1-3-13(8-11)28-23(30)20-14-5-6-15(17-10-16(14)17)21(20)24(28)31/h1-9,14-17,20-21H,10H2,(H,27,29)/t14-,15-,16-,17-,20-,21+/m0/s1. The maximum Gasteiger partial charge on any atom is 0.255 e. The second-order valence-electron chi connectivity index (χ2n) is 8.80. The lowest BCUT2D eigenvalue weighted by atomic mass is 9.63. The van der Waals surface area contributed by atoms with Gasteiger partial charge in [0.15, 0.2) is 0 Å². The van der Waals surface area contributed by atoms with Gasteiger partial charge in [0, 0.05) is 15.7 Å². The van der Waals surface area contributed by atoms with E-state index < -0.39 is 0 Å². The van der Waals surface area contributed by atoms with Crippen LogP contribution < -0.4 is 10.2 Å². The Morgan fingerprint density at radius 3 is 2.32 bits per heavy atom. The Morgan fingerprint density at radius 2 is 1.68 bits per heavy atom. The number of imide groups is 1. The molecule has 31 heavy (non-hydrogen) atoms. The number of anilines is 2. The highest BCUT2D eigenvalue weighted by Gasteiger charge is 2.67. The van der Waals surface area contributed by atoms with Gasteiger partial charge in [0.2, 0.25) is 11.8 Å². The van der Waals surface area contributed by atoms with Crippen LogP contribution in [0.2, 0.25) is 5.02 Å². The summed E-state index contributed by atoms with van der Waals surface area (Å²) in [5.41, 5.74) is 1.39. The highest BCUT2D eigenvalue weighted by Crippen LogP contribution is 2.65. The monoisotopic (exact) mass is 496 g/mol. The van der Waals surface area contributed by atoms with Crippen LogP contribution in [0.3, 0.4) is 0 Å². The van der Waals surface area contributed by atoms with E-state index in [1.54, 1.807) is 42.5 Å². The number of benzene rings is 2. The Hall–Kier alpha value is -2.44. The first-order valence-corrected chi connectivity index (χ1v) is 11.5. The van der Waals surface area contributed by atoms with Gasteiger partial charge >= 0.3 is 0 Å². The number of halogens is 2. The summed E-state index contributed by atoms with van der Waals surface area (Å²) in [6, 6.07) is 11.8. The SMILES string of the molecule is O=C(Nc1ccc(Br)c(Cl)c1)c1cccc(N2C(=O)[C@@H]3[C@H]4C=C[C@@H]([C@@H]5C[C@@H]45)[C@@H]3C2=O)c1. The van der Waals surface area contributed by atoms with E-state index in [9.17, 15) is 14.4 Å². The van der Waals surface area contributed by atoms with Crippen LogP contribution >= 0.6 is 27.5 Å². The van der Waals surface area contributed by atoms with Gasteiger partial charge < -0.3 is 5.32 Å². The Labute approximate surface area is 192 Å². The molecule has 3 amide bonds. The molecule has 2 bridgehead atoms. The molecule has 5 aliphatic rings. The Morgan fingerprint density at radius 1 is 1.00 bits per heavy atom. The fraction of sp³-hybridized carbons (Fsp3) is 0.292. The van der Waals surface area contributed by atoms with Crippen LogP contribution in [0, 0.1) is 35.5 Å². The van der Waals surface area contributed by atoms with Crippen LogP contribution in [0.15, 0.2) is 59.1 Å². The molecule has 1 N–H and O–H groups in total. The molecule has 0 aromatic heterocycles. The average Bonchev–Trinajstić information content (AvgIpc) is 3.54. The van der Waals surface area contributed by atoms with Gasteiger partial charge in [0.05, 0.1) is 22.5 Å². The van der Waals surface area contributed by atoms with Gasteiger partial charge in [-0.1, -0.05) is 29.8 Å². The molecule has 4 aliphatic carbocycles. The molecule has 0 spiro atoms. The van der Waals surface area contributed by atoms with Crippen molar-refractivity contribution in [2.45, 2.75) is 6.42 Å². The lowest BCUT2D eigenvalue weighted by molar-refractivity contribution is -0.124. The van der Waals surface area contributed by atoms with Crippen molar-refractivity contribution < 1.29 is 14.4 Å². The molecule has 1 saturated heterocycles. The van der Waals surface area contributed by atoms with E-state index in [2.05, 4.69) is 33.4 Å². The summed E-state index contributed by atoms with van der Waals surface area (Å²) in [7, 11) is 0. The molecule has 2 aromatic carbocycles. The third-order valence-corrected chi connectivity index (χ3v) is 8.44. The number of nitrogens with one attached hydrogen (secondary N) is 1. The van der Waals surface area contributed by atoms with Crippen molar-refractivity contribution >= 4 is 56.6 Å². The van der Waals surface area contributed by atoms with Crippen molar-refractivity contribution in [1.29, 1.82) is 0 Å². The Kier molecular flexibility index (Phi) is 4.21. The number of carbonyl (C=O) groups is 3. The van der Waals surface area contributed by atoms with E-state index in [0.29, 0.717) is 33.8 Å². The highest BCUT2D eigenvalue weighted by molar-refractivity contribution is 9.10. The second-order valence-corrected chi connectivity index (χ2v) is 10.1. The molecule has 7 rings (SSSR count). The fourth-order valence-corrected chi connectivity index (χ4v) is 6.20. The van der Waals surface area contributed by atoms with E-state index in [1.807, 2.05) is 0 Å². The van der Waals surface area contributed by atoms with Crippen molar-refractivity contribution in [1.82, 2.24) is 0 Å². The lowest BCUT2D eigenvalue weighted by Gasteiger charge is -2.37. The Bertz CT molecular complexity index is 1160. The number of amides is 3. The molecule has 3 fully saturated rings. The van der Waals surface area contributed by atoms with Gasteiger partial charge in [0.1, 0.15) is 0 Å². The van der Waals surface area contributed by atoms with Crippen LogP contribution in [0.4, 0.5) is 11.4 Å². The van der Waals surface area contributed by atoms with Crippen molar-refractivity contribution in [3.05, 3.63) is 69.7 Å². The summed E-state index contributed by atoms with van der Waals surface area (Å²) in [6.07, 6.45) is 5.44. The van der Waals surface area contributed by atoms with E-state index in [4.69, 9.17) is 11.6 Å². The first kappa shape index (κ1) is 19.3. The quantitative estimate of drug-likeness (QED) is 0.484. The van der Waals surface area contributed by atoms with Gasteiger partial charge in [-0.25, -0.2) is 4.90 Å². The minimum Gasteiger partial charge on any atom is -0.322 e. The summed E-state index contributed by atoms with van der Waals surface area (Å²) in [5, 5.41) is 3.30. The highest BCUT2D eigenvalue weighted by atomic mass is 79.9. The van der Waals surface area contributed by atoms with Gasteiger partial charge in [-0.05, 0) is 82.4 Å². The minimum absolute atomic E-state index is 0.128. The number of nitrogens with zero attached hydrogens (tertiary/aromatic N) is 1. The van der Waals surface area contributed by atoms with Crippen molar-refractivity contribution in [2.75, 3.05) is 10.2 Å². The van der Waals surface area contributed by atoms with Crippen LogP contribution in [-0.2, 0) is 9.59 Å². The number of rotatable bonds is 3. The van der Waals surface area contributed by atoms with E-state index in [0.717, 1.165) is 10.9 Å². The fourth-order valence-electron chi connectivity index (χ4n) is 5.77. The molecule has 2 aromatic rings. The second kappa shape index (κ2) is 6.78. The maximum atomic E-state index is 13.3. The molecule has 1 heterocycles. The number of allylic oxidation sites excluding steroid dienone is 2. The first-order chi connectivity index (χ1) is 14.9. The van der Waals surface area contributed by atoms with Gasteiger partial charge in [-0.15, -0.1) is 0 Å². The molecular formula is C24H18BrClN2O3. The molecule has 1 aliphatic heterocycles. The third-order valence-electron chi connectivity index (χ3n) is 7.21. The van der Waals surface area contributed by atoms with Gasteiger partial charge in [-0.3, -0.25) is 14.4 Å². The van der Waals surface area contributed by atoms with Crippen molar-refractivity contribution in [3.63, 3.8) is 0 Å². The lowest BCUT2D eigenvalue weighted by Crippen LogP contribution is -2.40. The van der Waals surface area contributed by atoms with Gasteiger partial charge in [0.25, 0.3) is 5.91 Å². The zero-order valence-electron chi connectivity index (χ0n) is 16.3. The van der Waals surface area contributed by atoms with E-state index in [-0.39, 0.29) is 41.4 Å². The summed E-state index contributed by atoms with van der Waals surface area (Å²) < 4.78 is 0.739. The zero-order chi connectivity index (χ0) is 21.4. The molecule has 0 unspecified atom stereocenters. The van der Waals surface area contributed by atoms with Crippen LogP contribution in [0.25, 0.3) is 0 Å². The van der Waals surface area contributed by atoms with E-state index in [1.165, 1.54) is 4.90 Å². The van der Waals surface area contributed by atoms with Crippen LogP contribution in [-0.4, -0.2) is 17.7 Å². The smallest absolute Gasteiger partial charge is 0.255 e. The molecule has 2 saturated carbocycles. The summed E-state index contributed by atoms with van der Waals surface area (Å²) in [4.78, 5) is 40.7. The average molecular weight is 498 g/mol. The van der Waals surface area contributed by atoms with Crippen LogP contribution in [0.1, 0.15) is 16.8 Å². The topological polar surface area (TPSA) is 66.5 Å². The third kappa shape index (κ3) is 2.84. The molecule has 0 radical (unpaired) electrons. The minimum atomic E-state index is -0.334. The summed E-state index contributed by atoms with van der Waals surface area (Å²) in [5.74, 6) is 0.367. The largest absolute Gasteiger partial charge is 0.322 e. The zero-order valence-corrected chi connectivity index (χ0v) is 18.6. The number of hydrogen-bond donors (Lipinski definition) is 1. The van der Waals surface area contributed by atoms with Crippen LogP contribution in [0.5, 0.6) is 0 Å². The predicted molar refractivity (Wildman–Crippen MR) is 121 cm³/mol. The van der Waals surface area contributed by atoms with Crippen molar-refractivity contribution in [2.24, 2.45) is 35.5 Å². The number of hydrogen-bond acceptors (Lipinski definition) is 3. The number of carbonyl (C=O) groups excluding carboxylic acids is 3. The molecule has 7 heteroatoms. The Balaban J connectivity index is 1.28. The molecule has 156 valence electrons. The predicted octanol–water partition coefficient (Wildman–Crippen LogP) is 4.91. The van der Waals surface area contributed by atoms with Gasteiger partial charge in [-0.2, -0.15) is 0 Å². The first-order valence-electron chi connectivity index (χ1n) is 10.4.